The van der Waals surface area contributed by atoms with Crippen molar-refractivity contribution in [2.75, 3.05) is 7.11 Å². The SMILES string of the molecule is COC(=O)CC(Cc1ccc(C)cc1)NC1CC1. The molecule has 0 radical (unpaired) electrons. The van der Waals surface area contributed by atoms with Gasteiger partial charge in [-0.25, -0.2) is 0 Å². The highest BCUT2D eigenvalue weighted by atomic mass is 16.5. The minimum absolute atomic E-state index is 0.139. The molecule has 1 fully saturated rings. The fourth-order valence-corrected chi connectivity index (χ4v) is 2.07. The van der Waals surface area contributed by atoms with Crippen LogP contribution >= 0.6 is 0 Å². The predicted octanol–water partition coefficient (Wildman–Crippen LogP) is 2.22. The van der Waals surface area contributed by atoms with Crippen molar-refractivity contribution in [3.8, 4) is 0 Å². The summed E-state index contributed by atoms with van der Waals surface area (Å²) >= 11 is 0. The van der Waals surface area contributed by atoms with E-state index in [0.29, 0.717) is 12.5 Å². The first-order valence-corrected chi connectivity index (χ1v) is 6.56. The molecule has 3 heteroatoms. The number of aryl methyl sites for hydroxylation is 1. The second-order valence-electron chi connectivity index (χ2n) is 5.11. The summed E-state index contributed by atoms with van der Waals surface area (Å²) in [7, 11) is 1.45. The number of esters is 1. The van der Waals surface area contributed by atoms with Crippen LogP contribution in [0.5, 0.6) is 0 Å². The second-order valence-corrected chi connectivity index (χ2v) is 5.11. The third-order valence-electron chi connectivity index (χ3n) is 3.29. The molecule has 0 bridgehead atoms. The number of carbonyl (C=O) groups excluding carboxylic acids is 1. The first kappa shape index (κ1) is 13.1. The normalized spacial score (nSPS) is 16.3. The van der Waals surface area contributed by atoms with Gasteiger partial charge in [0.2, 0.25) is 0 Å². The molecule has 3 nitrogen and oxygen atoms in total. The number of rotatable bonds is 6. The van der Waals surface area contributed by atoms with E-state index in [-0.39, 0.29) is 12.0 Å². The van der Waals surface area contributed by atoms with E-state index in [2.05, 4.69) is 36.5 Å². The summed E-state index contributed by atoms with van der Waals surface area (Å²) in [5.74, 6) is -0.139. The molecule has 0 aliphatic heterocycles. The van der Waals surface area contributed by atoms with Crippen LogP contribution in [0.15, 0.2) is 24.3 Å². The Bertz CT molecular complexity index is 395. The second kappa shape index (κ2) is 6.01. The lowest BCUT2D eigenvalue weighted by atomic mass is 10.0. The molecule has 0 spiro atoms. The van der Waals surface area contributed by atoms with Gasteiger partial charge in [0.1, 0.15) is 0 Å². The van der Waals surface area contributed by atoms with Crippen LogP contribution in [-0.4, -0.2) is 25.2 Å². The lowest BCUT2D eigenvalue weighted by molar-refractivity contribution is -0.141. The lowest BCUT2D eigenvalue weighted by Crippen LogP contribution is -2.35. The van der Waals surface area contributed by atoms with Gasteiger partial charge in [-0.15, -0.1) is 0 Å². The summed E-state index contributed by atoms with van der Waals surface area (Å²) in [6.07, 6.45) is 3.78. The third kappa shape index (κ3) is 4.15. The van der Waals surface area contributed by atoms with Gasteiger partial charge in [-0.3, -0.25) is 4.79 Å². The topological polar surface area (TPSA) is 38.3 Å². The Kier molecular flexibility index (Phi) is 4.37. The van der Waals surface area contributed by atoms with Crippen molar-refractivity contribution < 1.29 is 9.53 Å². The van der Waals surface area contributed by atoms with Crippen LogP contribution in [0.25, 0.3) is 0 Å². The van der Waals surface area contributed by atoms with E-state index < -0.39 is 0 Å². The van der Waals surface area contributed by atoms with Gasteiger partial charge in [-0.05, 0) is 31.7 Å². The van der Waals surface area contributed by atoms with E-state index in [0.717, 1.165) is 6.42 Å². The van der Waals surface area contributed by atoms with Gasteiger partial charge in [0.25, 0.3) is 0 Å². The number of nitrogens with one attached hydrogen (secondary N) is 1. The molecule has 98 valence electrons. The van der Waals surface area contributed by atoms with Crippen molar-refractivity contribution in [3.05, 3.63) is 35.4 Å². The number of methoxy groups -OCH3 is 1. The molecule has 1 aromatic carbocycles. The van der Waals surface area contributed by atoms with Crippen LogP contribution in [0.1, 0.15) is 30.4 Å². The molecule has 2 rings (SSSR count). The van der Waals surface area contributed by atoms with Gasteiger partial charge in [0.05, 0.1) is 13.5 Å². The van der Waals surface area contributed by atoms with E-state index >= 15 is 0 Å². The summed E-state index contributed by atoms with van der Waals surface area (Å²) < 4.78 is 4.76. The Hall–Kier alpha value is -1.35. The Labute approximate surface area is 109 Å². The molecule has 1 aromatic rings. The Morgan fingerprint density at radius 3 is 2.61 bits per heavy atom. The Balaban J connectivity index is 1.94. The molecule has 0 amide bonds. The molecule has 1 aliphatic rings. The van der Waals surface area contributed by atoms with Crippen LogP contribution in [0.3, 0.4) is 0 Å². The van der Waals surface area contributed by atoms with E-state index in [4.69, 9.17) is 4.74 Å². The van der Waals surface area contributed by atoms with Crippen molar-refractivity contribution >= 4 is 5.97 Å². The largest absolute Gasteiger partial charge is 0.469 e. The minimum atomic E-state index is -0.139. The molecular weight excluding hydrogens is 226 g/mol. The van der Waals surface area contributed by atoms with Gasteiger partial charge in [-0.1, -0.05) is 29.8 Å². The first-order valence-electron chi connectivity index (χ1n) is 6.56. The number of hydrogen-bond acceptors (Lipinski definition) is 3. The zero-order valence-corrected chi connectivity index (χ0v) is 11.1. The monoisotopic (exact) mass is 247 g/mol. The molecule has 0 heterocycles. The van der Waals surface area contributed by atoms with E-state index in [1.807, 2.05) is 0 Å². The van der Waals surface area contributed by atoms with Crippen LogP contribution in [0, 0.1) is 6.92 Å². The maximum Gasteiger partial charge on any atom is 0.307 e. The molecule has 0 saturated heterocycles. The van der Waals surface area contributed by atoms with Gasteiger partial charge in [-0.2, -0.15) is 0 Å². The molecule has 0 aromatic heterocycles. The molecule has 1 unspecified atom stereocenters. The fraction of sp³-hybridized carbons (Fsp3) is 0.533. The maximum absolute atomic E-state index is 11.4. The molecule has 1 N–H and O–H groups in total. The minimum Gasteiger partial charge on any atom is -0.469 e. The van der Waals surface area contributed by atoms with E-state index in [1.54, 1.807) is 0 Å². The van der Waals surface area contributed by atoms with E-state index in [9.17, 15) is 4.79 Å². The van der Waals surface area contributed by atoms with Gasteiger partial charge in [0, 0.05) is 12.1 Å². The number of hydrogen-bond donors (Lipinski definition) is 1. The molecule has 18 heavy (non-hydrogen) atoms. The quantitative estimate of drug-likeness (QED) is 0.783. The Morgan fingerprint density at radius 1 is 1.39 bits per heavy atom. The van der Waals surface area contributed by atoms with E-state index in [1.165, 1.54) is 31.1 Å². The zero-order valence-electron chi connectivity index (χ0n) is 11.1. The Morgan fingerprint density at radius 2 is 2.06 bits per heavy atom. The van der Waals surface area contributed by atoms with Crippen molar-refractivity contribution in [2.45, 2.75) is 44.7 Å². The van der Waals surface area contributed by atoms with Crippen molar-refractivity contribution in [1.82, 2.24) is 5.32 Å². The summed E-state index contributed by atoms with van der Waals surface area (Å²) in [6, 6.07) is 9.28. The predicted molar refractivity (Wildman–Crippen MR) is 71.5 cm³/mol. The summed E-state index contributed by atoms with van der Waals surface area (Å²) in [6.45, 7) is 2.08. The number of benzene rings is 1. The summed E-state index contributed by atoms with van der Waals surface area (Å²) in [5.41, 5.74) is 2.53. The molecule has 1 saturated carbocycles. The smallest absolute Gasteiger partial charge is 0.307 e. The fourth-order valence-electron chi connectivity index (χ4n) is 2.07. The number of carbonyl (C=O) groups is 1. The van der Waals surface area contributed by atoms with Crippen molar-refractivity contribution in [1.29, 1.82) is 0 Å². The highest BCUT2D eigenvalue weighted by Gasteiger charge is 2.26. The standard InChI is InChI=1S/C15H21NO2/c1-11-3-5-12(6-4-11)9-14(10-15(17)18-2)16-13-7-8-13/h3-6,13-14,16H,7-10H2,1-2H3. The third-order valence-corrected chi connectivity index (χ3v) is 3.29. The van der Waals surface area contributed by atoms with Crippen LogP contribution in [0.2, 0.25) is 0 Å². The van der Waals surface area contributed by atoms with Crippen LogP contribution < -0.4 is 5.32 Å². The van der Waals surface area contributed by atoms with Gasteiger partial charge >= 0.3 is 5.97 Å². The van der Waals surface area contributed by atoms with Crippen molar-refractivity contribution in [3.63, 3.8) is 0 Å². The maximum atomic E-state index is 11.4. The summed E-state index contributed by atoms with van der Waals surface area (Å²) in [5, 5.41) is 3.52. The molecular formula is C15H21NO2. The summed E-state index contributed by atoms with van der Waals surface area (Å²) in [4.78, 5) is 11.4. The van der Waals surface area contributed by atoms with Gasteiger partial charge < -0.3 is 10.1 Å². The highest BCUT2D eigenvalue weighted by Crippen LogP contribution is 2.21. The average Bonchev–Trinajstić information content (AvgIpc) is 3.15. The van der Waals surface area contributed by atoms with Crippen LogP contribution in [-0.2, 0) is 16.0 Å². The molecule has 1 aliphatic carbocycles. The first-order chi connectivity index (χ1) is 8.67. The highest BCUT2D eigenvalue weighted by molar-refractivity contribution is 5.70. The van der Waals surface area contributed by atoms with Gasteiger partial charge in [0.15, 0.2) is 0 Å². The van der Waals surface area contributed by atoms with Crippen molar-refractivity contribution in [2.24, 2.45) is 0 Å². The average molecular weight is 247 g/mol. The number of ether oxygens (including phenoxy) is 1. The zero-order chi connectivity index (χ0) is 13.0. The lowest BCUT2D eigenvalue weighted by Gasteiger charge is -2.17. The van der Waals surface area contributed by atoms with Crippen LogP contribution in [0.4, 0.5) is 0 Å². The molecule has 1 atom stereocenters.